The van der Waals surface area contributed by atoms with Gasteiger partial charge in [0.2, 0.25) is 0 Å². The maximum Gasteiger partial charge on any atom is 0.258 e. The molecule has 2 fully saturated rings. The molecule has 0 N–H and O–H groups in total. The zero-order chi connectivity index (χ0) is 24.0. The van der Waals surface area contributed by atoms with Crippen molar-refractivity contribution in [2.24, 2.45) is 5.41 Å². The first-order chi connectivity index (χ1) is 16.2. The van der Waals surface area contributed by atoms with Crippen LogP contribution < -0.4 is 9.64 Å². The minimum absolute atomic E-state index is 0.00760. The summed E-state index contributed by atoms with van der Waals surface area (Å²) in [5.41, 5.74) is 3.52. The van der Waals surface area contributed by atoms with Gasteiger partial charge in [0.15, 0.2) is 0 Å². The lowest BCUT2D eigenvalue weighted by Crippen LogP contribution is -2.43. The number of rotatable bonds is 3. The van der Waals surface area contributed by atoms with E-state index in [0.29, 0.717) is 29.4 Å². The summed E-state index contributed by atoms with van der Waals surface area (Å²) in [7, 11) is 2.23. The third-order valence-corrected chi connectivity index (χ3v) is 7.64. The number of ether oxygens (including phenoxy) is 1. The first-order valence-corrected chi connectivity index (χ1v) is 12.7. The summed E-state index contributed by atoms with van der Waals surface area (Å²) in [5, 5.41) is 0.565. The van der Waals surface area contributed by atoms with E-state index in [1.807, 2.05) is 35.2 Å². The van der Waals surface area contributed by atoms with E-state index in [1.165, 1.54) is 12.8 Å². The van der Waals surface area contributed by atoms with Crippen molar-refractivity contribution < 1.29 is 9.53 Å². The van der Waals surface area contributed by atoms with Crippen LogP contribution in [0.3, 0.4) is 0 Å². The molecule has 5 heteroatoms. The number of hydrogen-bond acceptors (Lipinski definition) is 3. The van der Waals surface area contributed by atoms with Gasteiger partial charge < -0.3 is 14.5 Å². The number of carbonyl (C=O) groups excluding carboxylic acids is 1. The normalized spacial score (nSPS) is 24.4. The third-order valence-electron chi connectivity index (χ3n) is 7.34. The van der Waals surface area contributed by atoms with Gasteiger partial charge in [-0.15, -0.1) is 0 Å². The van der Waals surface area contributed by atoms with Gasteiger partial charge in [-0.1, -0.05) is 23.4 Å². The van der Waals surface area contributed by atoms with Crippen LogP contribution in [-0.4, -0.2) is 42.6 Å². The topological polar surface area (TPSA) is 32.8 Å². The summed E-state index contributed by atoms with van der Waals surface area (Å²) >= 11 is 6.64. The predicted octanol–water partition coefficient (Wildman–Crippen LogP) is 5.94. The van der Waals surface area contributed by atoms with E-state index in [9.17, 15) is 4.79 Å². The second-order valence-electron chi connectivity index (χ2n) is 11.0. The quantitative estimate of drug-likeness (QED) is 0.513. The van der Waals surface area contributed by atoms with Gasteiger partial charge in [-0.2, -0.15) is 0 Å². The summed E-state index contributed by atoms with van der Waals surface area (Å²) in [4.78, 5) is 17.6. The molecule has 2 aromatic carbocycles. The lowest BCUT2D eigenvalue weighted by atomic mass is 9.94. The standard InChI is InChI=1S/C29H33ClN2O2/c1-29(2,3)13-11-19-5-9-25-20(15-19)12-14-32(28(25)33)23-8-10-27(26(30)18-23)34-24-16-21-6-7-22(17-24)31(21)4/h5,8-10,15,18,21-22,24H,6-7,12,14,16-17H2,1-4H3/t21-,22+,24?. The monoisotopic (exact) mass is 476 g/mol. The van der Waals surface area contributed by atoms with Crippen molar-refractivity contribution in [1.29, 1.82) is 0 Å². The number of halogens is 1. The van der Waals surface area contributed by atoms with Gasteiger partial charge in [0.25, 0.3) is 5.91 Å². The van der Waals surface area contributed by atoms with E-state index in [-0.39, 0.29) is 17.4 Å². The molecule has 3 heterocycles. The largest absolute Gasteiger partial charge is 0.489 e. The van der Waals surface area contributed by atoms with Gasteiger partial charge in [-0.05, 0) is 102 Å². The van der Waals surface area contributed by atoms with Crippen LogP contribution in [-0.2, 0) is 6.42 Å². The number of piperidine rings is 1. The second kappa shape index (κ2) is 8.95. The molecule has 2 saturated heterocycles. The molecule has 34 heavy (non-hydrogen) atoms. The molecule has 2 bridgehead atoms. The third kappa shape index (κ3) is 4.69. The summed E-state index contributed by atoms with van der Waals surface area (Å²) < 4.78 is 6.33. The van der Waals surface area contributed by atoms with Crippen molar-refractivity contribution in [3.8, 4) is 17.6 Å². The summed E-state index contributed by atoms with van der Waals surface area (Å²) in [6, 6.07) is 12.9. The molecule has 178 valence electrons. The Labute approximate surface area is 208 Å². The maximum atomic E-state index is 13.3. The Hall–Kier alpha value is -2.48. The Balaban J connectivity index is 1.30. The molecule has 3 aliphatic heterocycles. The van der Waals surface area contributed by atoms with E-state index >= 15 is 0 Å². The summed E-state index contributed by atoms with van der Waals surface area (Å²) in [5.74, 6) is 7.23. The number of benzene rings is 2. The van der Waals surface area contributed by atoms with Crippen LogP contribution in [0.15, 0.2) is 36.4 Å². The highest BCUT2D eigenvalue weighted by Crippen LogP contribution is 2.38. The van der Waals surface area contributed by atoms with Crippen molar-refractivity contribution >= 4 is 23.2 Å². The number of hydrogen-bond donors (Lipinski definition) is 0. The molecule has 0 spiro atoms. The van der Waals surface area contributed by atoms with Gasteiger partial charge in [0.05, 0.1) is 5.02 Å². The molecule has 2 aromatic rings. The van der Waals surface area contributed by atoms with Crippen LogP contribution in [0.1, 0.15) is 67.9 Å². The fraction of sp³-hybridized carbons (Fsp3) is 0.483. The molecule has 1 amide bonds. The van der Waals surface area contributed by atoms with Gasteiger partial charge in [-0.3, -0.25) is 4.79 Å². The van der Waals surface area contributed by atoms with Gasteiger partial charge in [0, 0.05) is 40.9 Å². The Kier molecular flexibility index (Phi) is 6.12. The molecule has 0 saturated carbocycles. The highest BCUT2D eigenvalue weighted by molar-refractivity contribution is 6.32. The number of nitrogens with zero attached hydrogens (tertiary/aromatic N) is 2. The van der Waals surface area contributed by atoms with Crippen molar-refractivity contribution in [2.75, 3.05) is 18.5 Å². The SMILES string of the molecule is CN1[C@@H]2CC[C@H]1CC(Oc1ccc(N3CCc4cc(C#CC(C)(C)C)ccc4C3=O)cc1Cl)C2. The van der Waals surface area contributed by atoms with E-state index in [4.69, 9.17) is 16.3 Å². The molecule has 0 aliphatic carbocycles. The lowest BCUT2D eigenvalue weighted by Gasteiger charge is -2.36. The molecule has 0 aromatic heterocycles. The van der Waals surface area contributed by atoms with Crippen molar-refractivity contribution in [3.63, 3.8) is 0 Å². The molecular formula is C29H33ClN2O2. The number of amides is 1. The van der Waals surface area contributed by atoms with Crippen LogP contribution >= 0.6 is 11.6 Å². The predicted molar refractivity (Wildman–Crippen MR) is 138 cm³/mol. The van der Waals surface area contributed by atoms with Crippen LogP contribution in [0.25, 0.3) is 0 Å². The zero-order valence-corrected chi connectivity index (χ0v) is 21.3. The van der Waals surface area contributed by atoms with Crippen LogP contribution in [0, 0.1) is 17.3 Å². The van der Waals surface area contributed by atoms with Gasteiger partial charge in [0.1, 0.15) is 11.9 Å². The lowest BCUT2D eigenvalue weighted by molar-refractivity contribution is 0.0662. The highest BCUT2D eigenvalue weighted by Gasteiger charge is 2.39. The summed E-state index contributed by atoms with van der Waals surface area (Å²) in [6.45, 7) is 6.91. The van der Waals surface area contributed by atoms with Crippen molar-refractivity contribution in [1.82, 2.24) is 4.90 Å². The Morgan fingerprint density at radius 2 is 1.79 bits per heavy atom. The minimum atomic E-state index is -0.0510. The molecule has 1 unspecified atom stereocenters. The molecule has 5 rings (SSSR count). The van der Waals surface area contributed by atoms with Gasteiger partial charge >= 0.3 is 0 Å². The second-order valence-corrected chi connectivity index (χ2v) is 11.4. The van der Waals surface area contributed by atoms with Crippen LogP contribution in [0.5, 0.6) is 5.75 Å². The van der Waals surface area contributed by atoms with E-state index in [2.05, 4.69) is 50.6 Å². The van der Waals surface area contributed by atoms with Gasteiger partial charge in [-0.25, -0.2) is 0 Å². The fourth-order valence-corrected chi connectivity index (χ4v) is 5.68. The van der Waals surface area contributed by atoms with E-state index in [1.54, 1.807) is 0 Å². The molecular weight excluding hydrogens is 444 g/mol. The molecule has 3 aliphatic rings. The summed E-state index contributed by atoms with van der Waals surface area (Å²) in [6.07, 6.45) is 5.62. The molecule has 0 radical (unpaired) electrons. The van der Waals surface area contributed by atoms with E-state index in [0.717, 1.165) is 41.6 Å². The van der Waals surface area contributed by atoms with E-state index < -0.39 is 0 Å². The Morgan fingerprint density at radius 1 is 1.06 bits per heavy atom. The highest BCUT2D eigenvalue weighted by atomic mass is 35.5. The van der Waals surface area contributed by atoms with Crippen LogP contribution in [0.4, 0.5) is 5.69 Å². The van der Waals surface area contributed by atoms with Crippen molar-refractivity contribution in [2.45, 2.75) is 71.1 Å². The van der Waals surface area contributed by atoms with Crippen LogP contribution in [0.2, 0.25) is 5.02 Å². The first-order valence-electron chi connectivity index (χ1n) is 12.3. The van der Waals surface area contributed by atoms with Crippen molar-refractivity contribution in [3.05, 3.63) is 58.1 Å². The zero-order valence-electron chi connectivity index (χ0n) is 20.5. The molecule has 3 atom stereocenters. The minimum Gasteiger partial charge on any atom is -0.489 e. The number of anilines is 1. The Bertz CT molecular complexity index is 1160. The number of carbonyl (C=O) groups is 1. The molecule has 4 nitrogen and oxygen atoms in total. The fourth-order valence-electron chi connectivity index (χ4n) is 5.46. The number of fused-ring (bicyclic) bond motifs is 3. The Morgan fingerprint density at radius 3 is 2.47 bits per heavy atom. The average Bonchev–Trinajstić information content (AvgIpc) is 2.99. The average molecular weight is 477 g/mol. The smallest absolute Gasteiger partial charge is 0.258 e. The maximum absolute atomic E-state index is 13.3. The first kappa shape index (κ1) is 23.3.